The lowest BCUT2D eigenvalue weighted by molar-refractivity contribution is 0.413. The van der Waals surface area contributed by atoms with Crippen LogP contribution in [0.4, 0.5) is 4.39 Å². The van der Waals surface area contributed by atoms with Gasteiger partial charge in [-0.15, -0.1) is 5.10 Å². The summed E-state index contributed by atoms with van der Waals surface area (Å²) in [4.78, 5) is 4.43. The third kappa shape index (κ3) is 2.95. The van der Waals surface area contributed by atoms with Crippen molar-refractivity contribution in [2.24, 2.45) is 0 Å². The minimum atomic E-state index is -0.385. The van der Waals surface area contributed by atoms with E-state index in [1.54, 1.807) is 25.3 Å². The summed E-state index contributed by atoms with van der Waals surface area (Å²) in [5.74, 6) is 0.847. The first-order valence-corrected chi connectivity index (χ1v) is 8.40. The van der Waals surface area contributed by atoms with Gasteiger partial charge in [0.2, 0.25) is 5.82 Å². The molecular formula is C19H16FN5O2. The molecule has 0 saturated carbocycles. The van der Waals surface area contributed by atoms with Crippen molar-refractivity contribution in [1.82, 2.24) is 25.1 Å². The van der Waals surface area contributed by atoms with E-state index in [-0.39, 0.29) is 11.7 Å². The van der Waals surface area contributed by atoms with Gasteiger partial charge in [0.05, 0.1) is 18.4 Å². The lowest BCUT2D eigenvalue weighted by Crippen LogP contribution is -2.04. The second kappa shape index (κ2) is 6.99. The Labute approximate surface area is 154 Å². The number of ether oxygens (including phenoxy) is 1. The number of hydrogen-bond acceptors (Lipinski definition) is 6. The molecule has 0 aliphatic carbocycles. The van der Waals surface area contributed by atoms with Gasteiger partial charge in [-0.1, -0.05) is 41.6 Å². The maximum absolute atomic E-state index is 14.2. The molecule has 27 heavy (non-hydrogen) atoms. The minimum absolute atomic E-state index is 0.218. The molecule has 2 aromatic carbocycles. The van der Waals surface area contributed by atoms with E-state index in [0.29, 0.717) is 40.6 Å². The molecule has 0 aliphatic heterocycles. The topological polar surface area (TPSA) is 78.9 Å². The summed E-state index contributed by atoms with van der Waals surface area (Å²) in [7, 11) is 1.58. The first-order valence-electron chi connectivity index (χ1n) is 8.40. The van der Waals surface area contributed by atoms with Gasteiger partial charge in [-0.3, -0.25) is 0 Å². The second-order valence-corrected chi connectivity index (χ2v) is 5.72. The zero-order chi connectivity index (χ0) is 18.8. The molecule has 0 saturated heterocycles. The van der Waals surface area contributed by atoms with E-state index in [2.05, 4.69) is 20.5 Å². The number of benzene rings is 2. The van der Waals surface area contributed by atoms with Crippen molar-refractivity contribution in [3.63, 3.8) is 0 Å². The highest BCUT2D eigenvalue weighted by Crippen LogP contribution is 2.30. The zero-order valence-corrected chi connectivity index (χ0v) is 14.8. The molecule has 2 heterocycles. The summed E-state index contributed by atoms with van der Waals surface area (Å²) < 4.78 is 26.4. The Morgan fingerprint density at radius 3 is 2.67 bits per heavy atom. The van der Waals surface area contributed by atoms with E-state index in [1.807, 2.05) is 31.2 Å². The Morgan fingerprint density at radius 2 is 1.89 bits per heavy atom. The highest BCUT2D eigenvalue weighted by Gasteiger charge is 2.22. The predicted octanol–water partition coefficient (Wildman–Crippen LogP) is 3.69. The number of halogens is 1. The van der Waals surface area contributed by atoms with Crippen molar-refractivity contribution in [2.45, 2.75) is 13.3 Å². The molecule has 0 spiro atoms. The van der Waals surface area contributed by atoms with Crippen LogP contribution in [0.25, 0.3) is 28.7 Å². The molecular weight excluding hydrogens is 349 g/mol. The van der Waals surface area contributed by atoms with Crippen LogP contribution in [0.1, 0.15) is 12.6 Å². The molecule has 0 unspecified atom stereocenters. The number of methoxy groups -OCH3 is 1. The summed E-state index contributed by atoms with van der Waals surface area (Å²) >= 11 is 0. The van der Waals surface area contributed by atoms with Crippen LogP contribution in [0.3, 0.4) is 0 Å². The van der Waals surface area contributed by atoms with Crippen molar-refractivity contribution in [2.75, 3.05) is 7.11 Å². The second-order valence-electron chi connectivity index (χ2n) is 5.72. The first kappa shape index (κ1) is 16.9. The number of hydrogen-bond donors (Lipinski definition) is 0. The molecule has 0 bridgehead atoms. The molecule has 0 atom stereocenters. The van der Waals surface area contributed by atoms with Gasteiger partial charge in [-0.05, 0) is 30.7 Å². The SMILES string of the molecule is CCc1c(-c2nc(-c3ccccc3OC)no2)nnn1-c1ccccc1F. The molecule has 136 valence electrons. The number of aromatic nitrogens is 5. The summed E-state index contributed by atoms with van der Waals surface area (Å²) in [6, 6.07) is 13.8. The minimum Gasteiger partial charge on any atom is -0.496 e. The molecule has 4 aromatic rings. The zero-order valence-electron chi connectivity index (χ0n) is 14.8. The lowest BCUT2D eigenvalue weighted by Gasteiger charge is -2.05. The average molecular weight is 365 g/mol. The standard InChI is InChI=1S/C19H16FN5O2/c1-3-14-17(22-24-25(14)15-10-6-5-9-13(15)20)19-21-18(23-27-19)12-8-4-7-11-16(12)26-2/h4-11H,3H2,1-2H3. The van der Waals surface area contributed by atoms with Crippen LogP contribution >= 0.6 is 0 Å². The maximum atomic E-state index is 14.2. The Kier molecular flexibility index (Phi) is 4.37. The maximum Gasteiger partial charge on any atom is 0.280 e. The van der Waals surface area contributed by atoms with E-state index in [1.165, 1.54) is 10.7 Å². The van der Waals surface area contributed by atoms with Crippen LogP contribution in [0, 0.1) is 5.82 Å². The molecule has 0 fully saturated rings. The average Bonchev–Trinajstić information content (AvgIpc) is 3.35. The third-order valence-electron chi connectivity index (χ3n) is 4.16. The van der Waals surface area contributed by atoms with E-state index >= 15 is 0 Å². The summed E-state index contributed by atoms with van der Waals surface area (Å²) in [6.07, 6.45) is 0.559. The quantitative estimate of drug-likeness (QED) is 0.537. The van der Waals surface area contributed by atoms with Crippen molar-refractivity contribution in [3.8, 4) is 34.4 Å². The van der Waals surface area contributed by atoms with Crippen molar-refractivity contribution in [3.05, 3.63) is 60.0 Å². The van der Waals surface area contributed by atoms with Crippen molar-refractivity contribution >= 4 is 0 Å². The van der Waals surface area contributed by atoms with Crippen LogP contribution in [-0.4, -0.2) is 32.2 Å². The van der Waals surface area contributed by atoms with E-state index < -0.39 is 0 Å². The highest BCUT2D eigenvalue weighted by atomic mass is 19.1. The van der Waals surface area contributed by atoms with Gasteiger partial charge >= 0.3 is 0 Å². The van der Waals surface area contributed by atoms with E-state index in [9.17, 15) is 4.39 Å². The first-order chi connectivity index (χ1) is 13.2. The van der Waals surface area contributed by atoms with Crippen LogP contribution in [0.5, 0.6) is 5.75 Å². The van der Waals surface area contributed by atoms with E-state index in [4.69, 9.17) is 9.26 Å². The van der Waals surface area contributed by atoms with Crippen LogP contribution in [0.15, 0.2) is 53.1 Å². The summed E-state index contributed by atoms with van der Waals surface area (Å²) in [5, 5.41) is 12.3. The van der Waals surface area contributed by atoms with Gasteiger partial charge in [0.15, 0.2) is 5.69 Å². The Hall–Kier alpha value is -3.55. The van der Waals surface area contributed by atoms with Crippen LogP contribution < -0.4 is 4.74 Å². The monoisotopic (exact) mass is 365 g/mol. The van der Waals surface area contributed by atoms with E-state index in [0.717, 1.165) is 0 Å². The van der Waals surface area contributed by atoms with Gasteiger partial charge < -0.3 is 9.26 Å². The lowest BCUT2D eigenvalue weighted by atomic mass is 10.2. The Morgan fingerprint density at radius 1 is 1.11 bits per heavy atom. The molecule has 0 N–H and O–H groups in total. The smallest absolute Gasteiger partial charge is 0.280 e. The third-order valence-corrected chi connectivity index (χ3v) is 4.16. The van der Waals surface area contributed by atoms with Gasteiger partial charge in [0.1, 0.15) is 17.3 Å². The largest absolute Gasteiger partial charge is 0.496 e. The summed E-state index contributed by atoms with van der Waals surface area (Å²) in [6.45, 7) is 1.93. The number of rotatable bonds is 5. The predicted molar refractivity (Wildman–Crippen MR) is 96.0 cm³/mol. The number of nitrogens with zero attached hydrogens (tertiary/aromatic N) is 5. The molecule has 7 nitrogen and oxygen atoms in total. The Balaban J connectivity index is 1.78. The highest BCUT2D eigenvalue weighted by molar-refractivity contribution is 5.65. The fourth-order valence-corrected chi connectivity index (χ4v) is 2.86. The fourth-order valence-electron chi connectivity index (χ4n) is 2.86. The molecule has 2 aromatic heterocycles. The normalized spacial score (nSPS) is 10.9. The van der Waals surface area contributed by atoms with Crippen LogP contribution in [-0.2, 0) is 6.42 Å². The molecule has 8 heteroatoms. The van der Waals surface area contributed by atoms with Gasteiger partial charge in [-0.25, -0.2) is 9.07 Å². The van der Waals surface area contributed by atoms with Gasteiger partial charge in [-0.2, -0.15) is 4.98 Å². The van der Waals surface area contributed by atoms with Gasteiger partial charge in [0, 0.05) is 0 Å². The number of para-hydroxylation sites is 2. The fraction of sp³-hybridized carbons (Fsp3) is 0.158. The van der Waals surface area contributed by atoms with Crippen molar-refractivity contribution in [1.29, 1.82) is 0 Å². The summed E-state index contributed by atoms with van der Waals surface area (Å²) in [5.41, 5.74) is 2.12. The molecule has 0 amide bonds. The van der Waals surface area contributed by atoms with Crippen molar-refractivity contribution < 1.29 is 13.7 Å². The Bertz CT molecular complexity index is 1090. The molecule has 0 aliphatic rings. The van der Waals surface area contributed by atoms with Gasteiger partial charge in [0.25, 0.3) is 5.89 Å². The molecule has 4 rings (SSSR count). The van der Waals surface area contributed by atoms with Crippen LogP contribution in [0.2, 0.25) is 0 Å². The molecule has 0 radical (unpaired) electrons.